The lowest BCUT2D eigenvalue weighted by Crippen LogP contribution is -2.29. The van der Waals surface area contributed by atoms with E-state index in [1.807, 2.05) is 6.92 Å². The molecule has 3 rings (SSSR count). The van der Waals surface area contributed by atoms with Crippen molar-refractivity contribution in [3.8, 4) is 16.9 Å². The third-order valence-electron chi connectivity index (χ3n) is 4.63. The van der Waals surface area contributed by atoms with E-state index in [1.54, 1.807) is 36.4 Å². The molecule has 1 N–H and O–H groups in total. The summed E-state index contributed by atoms with van der Waals surface area (Å²) < 4.78 is 33.3. The molecule has 0 aromatic heterocycles. The number of hydrogen-bond donors (Lipinski definition) is 1. The van der Waals surface area contributed by atoms with Crippen LogP contribution in [0.5, 0.6) is 5.75 Å². The first-order valence-corrected chi connectivity index (χ1v) is 10.0. The lowest BCUT2D eigenvalue weighted by Gasteiger charge is -2.09. The fourth-order valence-corrected chi connectivity index (χ4v) is 3.08. The fraction of sp³-hybridized carbons (Fsp3) is 0.200. The molecule has 0 aliphatic heterocycles. The number of nitrogens with one attached hydrogen (secondary N) is 1. The van der Waals surface area contributed by atoms with Crippen LogP contribution in [0.15, 0.2) is 66.7 Å². The minimum atomic E-state index is -0.634. The minimum Gasteiger partial charge on any atom is -0.484 e. The van der Waals surface area contributed by atoms with Gasteiger partial charge in [-0.1, -0.05) is 37.3 Å². The number of carbonyl (C=O) groups is 2. The number of ketones is 1. The van der Waals surface area contributed by atoms with Crippen molar-refractivity contribution in [1.29, 1.82) is 0 Å². The zero-order valence-electron chi connectivity index (χ0n) is 17.2. The van der Waals surface area contributed by atoms with Gasteiger partial charge in [0.05, 0.1) is 5.56 Å². The van der Waals surface area contributed by atoms with Crippen molar-refractivity contribution >= 4 is 11.7 Å². The van der Waals surface area contributed by atoms with E-state index in [0.29, 0.717) is 29.0 Å². The van der Waals surface area contributed by atoms with Gasteiger partial charge in [0.1, 0.15) is 17.4 Å². The Balaban J connectivity index is 1.71. The van der Waals surface area contributed by atoms with Crippen LogP contribution >= 0.6 is 0 Å². The summed E-state index contributed by atoms with van der Waals surface area (Å²) in [5.74, 6) is -1.22. The Hall–Kier alpha value is -3.54. The summed E-state index contributed by atoms with van der Waals surface area (Å²) in [4.78, 5) is 24.4. The first kappa shape index (κ1) is 22.2. The summed E-state index contributed by atoms with van der Waals surface area (Å²) in [6.45, 7) is 2.41. The van der Waals surface area contributed by atoms with Crippen LogP contribution in [0, 0.1) is 11.6 Å². The lowest BCUT2D eigenvalue weighted by atomic mass is 9.97. The molecule has 0 radical (unpaired) electrons. The Bertz CT molecular complexity index is 1080. The van der Waals surface area contributed by atoms with E-state index in [2.05, 4.69) is 5.32 Å². The van der Waals surface area contributed by atoms with Gasteiger partial charge in [-0.3, -0.25) is 9.59 Å². The number of Topliss-reactive ketones (excluding diaryl/α,β-unsaturated/α-hetero) is 1. The van der Waals surface area contributed by atoms with Crippen molar-refractivity contribution in [1.82, 2.24) is 5.32 Å². The summed E-state index contributed by atoms with van der Waals surface area (Å²) in [7, 11) is 0. The first-order valence-electron chi connectivity index (χ1n) is 10.0. The van der Waals surface area contributed by atoms with Gasteiger partial charge >= 0.3 is 0 Å². The van der Waals surface area contributed by atoms with Gasteiger partial charge in [0.25, 0.3) is 5.91 Å². The van der Waals surface area contributed by atoms with E-state index in [1.165, 1.54) is 30.3 Å². The van der Waals surface area contributed by atoms with Crippen LogP contribution in [-0.4, -0.2) is 24.8 Å². The predicted molar refractivity (Wildman–Crippen MR) is 115 cm³/mol. The highest BCUT2D eigenvalue weighted by atomic mass is 19.1. The van der Waals surface area contributed by atoms with E-state index < -0.39 is 17.4 Å². The molecule has 0 aliphatic carbocycles. The van der Waals surface area contributed by atoms with E-state index in [4.69, 9.17) is 4.74 Å². The van der Waals surface area contributed by atoms with E-state index in [-0.39, 0.29) is 24.5 Å². The predicted octanol–water partition coefficient (Wildman–Crippen LogP) is 4.96. The molecule has 0 saturated heterocycles. The molecule has 0 saturated carbocycles. The Morgan fingerprint density at radius 3 is 2.48 bits per heavy atom. The molecule has 0 bridgehead atoms. The summed E-state index contributed by atoms with van der Waals surface area (Å²) in [5.41, 5.74) is 1.68. The van der Waals surface area contributed by atoms with Crippen molar-refractivity contribution in [2.24, 2.45) is 0 Å². The van der Waals surface area contributed by atoms with Gasteiger partial charge in [0, 0.05) is 13.0 Å². The monoisotopic (exact) mass is 423 g/mol. The molecular formula is C25H23F2NO3. The molecule has 31 heavy (non-hydrogen) atoms. The molecule has 0 atom stereocenters. The Morgan fingerprint density at radius 2 is 1.71 bits per heavy atom. The Kier molecular flexibility index (Phi) is 7.49. The molecule has 3 aromatic rings. The SMILES string of the molecule is CCCNC(=O)COc1cccc(CC(=O)c2cc(-c3cccc(F)c3)ccc2F)c1. The quantitative estimate of drug-likeness (QED) is 0.495. The second-order valence-electron chi connectivity index (χ2n) is 7.09. The van der Waals surface area contributed by atoms with Crippen molar-refractivity contribution in [2.45, 2.75) is 19.8 Å². The summed E-state index contributed by atoms with van der Waals surface area (Å²) in [6.07, 6.45) is 0.795. The van der Waals surface area contributed by atoms with E-state index in [9.17, 15) is 18.4 Å². The first-order chi connectivity index (χ1) is 15.0. The number of hydrogen-bond acceptors (Lipinski definition) is 3. The molecule has 4 nitrogen and oxygen atoms in total. The van der Waals surface area contributed by atoms with Crippen molar-refractivity contribution in [3.63, 3.8) is 0 Å². The number of halogens is 2. The van der Waals surface area contributed by atoms with Crippen LogP contribution in [0.2, 0.25) is 0 Å². The highest BCUT2D eigenvalue weighted by Crippen LogP contribution is 2.24. The van der Waals surface area contributed by atoms with E-state index >= 15 is 0 Å². The van der Waals surface area contributed by atoms with Gasteiger partial charge in [0.2, 0.25) is 0 Å². The summed E-state index contributed by atoms with van der Waals surface area (Å²) in [5, 5.41) is 2.72. The van der Waals surface area contributed by atoms with Crippen LogP contribution in [0.3, 0.4) is 0 Å². The Labute approximate surface area is 179 Å². The van der Waals surface area contributed by atoms with Gasteiger partial charge in [-0.05, 0) is 59.5 Å². The summed E-state index contributed by atoms with van der Waals surface area (Å²) >= 11 is 0. The fourth-order valence-electron chi connectivity index (χ4n) is 3.08. The van der Waals surface area contributed by atoms with Crippen LogP contribution in [-0.2, 0) is 11.2 Å². The highest BCUT2D eigenvalue weighted by molar-refractivity contribution is 5.98. The molecule has 0 aliphatic rings. The lowest BCUT2D eigenvalue weighted by molar-refractivity contribution is -0.123. The standard InChI is InChI=1S/C25H23F2NO3/c1-2-11-28-25(30)16-31-21-8-3-5-17(12-21)13-24(29)22-15-19(9-10-23(22)27)18-6-4-7-20(26)14-18/h3-10,12,14-15H,2,11,13,16H2,1H3,(H,28,30). The van der Waals surface area contributed by atoms with E-state index in [0.717, 1.165) is 6.42 Å². The number of rotatable bonds is 9. The minimum absolute atomic E-state index is 0.0389. The molecule has 160 valence electrons. The largest absolute Gasteiger partial charge is 0.484 e. The zero-order valence-corrected chi connectivity index (χ0v) is 17.2. The molecule has 0 fully saturated rings. The van der Waals surface area contributed by atoms with Crippen LogP contribution in [0.25, 0.3) is 11.1 Å². The number of amides is 1. The Morgan fingerprint density at radius 1 is 0.935 bits per heavy atom. The van der Waals surface area contributed by atoms with Gasteiger partial charge in [-0.2, -0.15) is 0 Å². The van der Waals surface area contributed by atoms with Crippen molar-refractivity contribution in [2.75, 3.05) is 13.2 Å². The second kappa shape index (κ2) is 10.5. The van der Waals surface area contributed by atoms with Crippen LogP contribution in [0.1, 0.15) is 29.3 Å². The molecule has 1 amide bonds. The van der Waals surface area contributed by atoms with Gasteiger partial charge in [0.15, 0.2) is 12.4 Å². The molecule has 0 unspecified atom stereocenters. The third-order valence-corrected chi connectivity index (χ3v) is 4.63. The maximum absolute atomic E-state index is 14.3. The number of ether oxygens (including phenoxy) is 1. The van der Waals surface area contributed by atoms with Crippen molar-refractivity contribution < 1.29 is 23.1 Å². The summed E-state index contributed by atoms with van der Waals surface area (Å²) in [6, 6.07) is 16.8. The highest BCUT2D eigenvalue weighted by Gasteiger charge is 2.15. The molecule has 0 spiro atoms. The van der Waals surface area contributed by atoms with Crippen LogP contribution in [0.4, 0.5) is 8.78 Å². The average Bonchev–Trinajstić information content (AvgIpc) is 2.76. The van der Waals surface area contributed by atoms with Gasteiger partial charge < -0.3 is 10.1 Å². The smallest absolute Gasteiger partial charge is 0.257 e. The normalized spacial score (nSPS) is 10.5. The number of benzene rings is 3. The van der Waals surface area contributed by atoms with Crippen molar-refractivity contribution in [3.05, 3.63) is 89.5 Å². The average molecular weight is 423 g/mol. The third kappa shape index (κ3) is 6.22. The number of carbonyl (C=O) groups excluding carboxylic acids is 2. The molecule has 6 heteroatoms. The maximum Gasteiger partial charge on any atom is 0.257 e. The second-order valence-corrected chi connectivity index (χ2v) is 7.09. The zero-order chi connectivity index (χ0) is 22.2. The molecule has 0 heterocycles. The topological polar surface area (TPSA) is 55.4 Å². The van der Waals surface area contributed by atoms with Crippen LogP contribution < -0.4 is 10.1 Å². The van der Waals surface area contributed by atoms with Gasteiger partial charge in [-0.25, -0.2) is 8.78 Å². The van der Waals surface area contributed by atoms with Gasteiger partial charge in [-0.15, -0.1) is 0 Å². The maximum atomic E-state index is 14.3. The molecule has 3 aromatic carbocycles. The molecular weight excluding hydrogens is 400 g/mol.